The van der Waals surface area contributed by atoms with Gasteiger partial charge in [0, 0.05) is 5.69 Å². The fraction of sp³-hybridized carbons (Fsp3) is 0.200. The van der Waals surface area contributed by atoms with E-state index in [0.29, 0.717) is 22.5 Å². The van der Waals surface area contributed by atoms with Crippen molar-refractivity contribution in [1.29, 1.82) is 5.26 Å². The van der Waals surface area contributed by atoms with Crippen LogP contribution in [0.25, 0.3) is 0 Å². The standard InChI is InChI=1S/C15H14ClN3/c1-10(2)12-4-3-5-13(8-12)18-15-7-11(9-17)6-14(16)19-15/h3-8,10H,1-2H3,(H,18,19). The normalized spacial score (nSPS) is 10.3. The maximum Gasteiger partial charge on any atom is 0.133 e. The van der Waals surface area contributed by atoms with Gasteiger partial charge in [-0.25, -0.2) is 4.98 Å². The average molecular weight is 272 g/mol. The number of halogens is 1. The molecule has 0 unspecified atom stereocenters. The molecule has 1 heterocycles. The van der Waals surface area contributed by atoms with Crippen molar-refractivity contribution in [2.75, 3.05) is 5.32 Å². The predicted molar refractivity (Wildman–Crippen MR) is 77.8 cm³/mol. The van der Waals surface area contributed by atoms with Crippen molar-refractivity contribution in [2.45, 2.75) is 19.8 Å². The molecule has 0 amide bonds. The van der Waals surface area contributed by atoms with E-state index < -0.39 is 0 Å². The van der Waals surface area contributed by atoms with Crippen LogP contribution in [0, 0.1) is 11.3 Å². The Morgan fingerprint density at radius 1 is 1.26 bits per heavy atom. The van der Waals surface area contributed by atoms with E-state index in [4.69, 9.17) is 16.9 Å². The Hall–Kier alpha value is -2.05. The molecule has 0 atom stereocenters. The second-order valence-electron chi connectivity index (χ2n) is 4.58. The second-order valence-corrected chi connectivity index (χ2v) is 4.97. The summed E-state index contributed by atoms with van der Waals surface area (Å²) in [5.74, 6) is 1.04. The first-order valence-electron chi connectivity index (χ1n) is 6.03. The van der Waals surface area contributed by atoms with Crippen molar-refractivity contribution < 1.29 is 0 Å². The minimum Gasteiger partial charge on any atom is -0.340 e. The Bertz CT molecular complexity index is 630. The van der Waals surface area contributed by atoms with Crippen molar-refractivity contribution in [3.8, 4) is 6.07 Å². The minimum absolute atomic E-state index is 0.307. The van der Waals surface area contributed by atoms with E-state index in [1.54, 1.807) is 6.07 Å². The van der Waals surface area contributed by atoms with Gasteiger partial charge >= 0.3 is 0 Å². The first-order chi connectivity index (χ1) is 9.08. The lowest BCUT2D eigenvalue weighted by molar-refractivity contribution is 0.867. The van der Waals surface area contributed by atoms with Gasteiger partial charge < -0.3 is 5.32 Å². The SMILES string of the molecule is CC(C)c1cccc(Nc2cc(C#N)cc(Cl)n2)c1. The molecule has 0 bridgehead atoms. The van der Waals surface area contributed by atoms with Gasteiger partial charge in [-0.3, -0.25) is 0 Å². The van der Waals surface area contributed by atoms with E-state index in [-0.39, 0.29) is 0 Å². The number of aromatic nitrogens is 1. The Labute approximate surface area is 117 Å². The van der Waals surface area contributed by atoms with E-state index in [2.05, 4.69) is 42.4 Å². The van der Waals surface area contributed by atoms with Gasteiger partial charge in [-0.15, -0.1) is 0 Å². The van der Waals surface area contributed by atoms with Gasteiger partial charge in [0.05, 0.1) is 11.6 Å². The quantitative estimate of drug-likeness (QED) is 0.838. The minimum atomic E-state index is 0.307. The smallest absolute Gasteiger partial charge is 0.133 e. The molecule has 1 aromatic heterocycles. The van der Waals surface area contributed by atoms with Gasteiger partial charge in [-0.05, 0) is 35.7 Å². The number of hydrogen-bond donors (Lipinski definition) is 1. The molecule has 0 saturated carbocycles. The molecule has 3 nitrogen and oxygen atoms in total. The molecule has 19 heavy (non-hydrogen) atoms. The first kappa shape index (κ1) is 13.4. The van der Waals surface area contributed by atoms with E-state index in [9.17, 15) is 0 Å². The molecule has 1 aromatic carbocycles. The summed E-state index contributed by atoms with van der Waals surface area (Å²) < 4.78 is 0. The Morgan fingerprint density at radius 2 is 2.05 bits per heavy atom. The third kappa shape index (κ3) is 3.46. The molecule has 4 heteroatoms. The number of anilines is 2. The van der Waals surface area contributed by atoms with Crippen LogP contribution in [0.2, 0.25) is 5.15 Å². The summed E-state index contributed by atoms with van der Waals surface area (Å²) in [5.41, 5.74) is 2.67. The Kier molecular flexibility index (Phi) is 4.03. The highest BCUT2D eigenvalue weighted by Crippen LogP contribution is 2.22. The molecule has 0 fully saturated rings. The lowest BCUT2D eigenvalue weighted by atomic mass is 10.0. The van der Waals surface area contributed by atoms with Gasteiger partial charge in [0.15, 0.2) is 0 Å². The summed E-state index contributed by atoms with van der Waals surface area (Å²) in [6.45, 7) is 4.29. The molecule has 0 aliphatic carbocycles. The van der Waals surface area contributed by atoms with Gasteiger partial charge in [-0.1, -0.05) is 37.6 Å². The van der Waals surface area contributed by atoms with Crippen molar-refractivity contribution in [2.24, 2.45) is 0 Å². The molecule has 2 rings (SSSR count). The van der Waals surface area contributed by atoms with Crippen molar-refractivity contribution in [3.63, 3.8) is 0 Å². The van der Waals surface area contributed by atoms with Crippen LogP contribution in [0.15, 0.2) is 36.4 Å². The van der Waals surface area contributed by atoms with Crippen LogP contribution in [0.5, 0.6) is 0 Å². The highest BCUT2D eigenvalue weighted by atomic mass is 35.5. The van der Waals surface area contributed by atoms with Gasteiger partial charge in [-0.2, -0.15) is 5.26 Å². The van der Waals surface area contributed by atoms with Gasteiger partial charge in [0.1, 0.15) is 11.0 Å². The topological polar surface area (TPSA) is 48.7 Å². The van der Waals surface area contributed by atoms with E-state index in [0.717, 1.165) is 5.69 Å². The molecule has 0 spiro atoms. The summed E-state index contributed by atoms with van der Waals surface area (Å²) in [6, 6.07) is 13.4. The Balaban J connectivity index is 2.28. The molecule has 0 aliphatic heterocycles. The van der Waals surface area contributed by atoms with Gasteiger partial charge in [0.25, 0.3) is 0 Å². The lowest BCUT2D eigenvalue weighted by Crippen LogP contribution is -1.96. The number of benzene rings is 1. The summed E-state index contributed by atoms with van der Waals surface area (Å²) >= 11 is 5.87. The predicted octanol–water partition coefficient (Wildman–Crippen LogP) is 4.47. The molecule has 0 radical (unpaired) electrons. The number of pyridine rings is 1. The fourth-order valence-electron chi connectivity index (χ4n) is 1.75. The zero-order chi connectivity index (χ0) is 13.8. The molecule has 2 aromatic rings. The highest BCUT2D eigenvalue weighted by Gasteiger charge is 2.04. The maximum atomic E-state index is 8.91. The van der Waals surface area contributed by atoms with Crippen LogP contribution in [0.3, 0.4) is 0 Å². The van der Waals surface area contributed by atoms with Crippen LogP contribution < -0.4 is 5.32 Å². The zero-order valence-electron chi connectivity index (χ0n) is 10.8. The second kappa shape index (κ2) is 5.73. The van der Waals surface area contributed by atoms with Crippen LogP contribution >= 0.6 is 11.6 Å². The first-order valence-corrected chi connectivity index (χ1v) is 6.41. The fourth-order valence-corrected chi connectivity index (χ4v) is 1.96. The largest absolute Gasteiger partial charge is 0.340 e. The van der Waals surface area contributed by atoms with Gasteiger partial charge in [0.2, 0.25) is 0 Å². The highest BCUT2D eigenvalue weighted by molar-refractivity contribution is 6.29. The van der Waals surface area contributed by atoms with E-state index in [1.807, 2.05) is 12.1 Å². The van der Waals surface area contributed by atoms with Crippen LogP contribution in [0.4, 0.5) is 11.5 Å². The van der Waals surface area contributed by atoms with Crippen LogP contribution in [-0.2, 0) is 0 Å². The number of nitrogens with zero attached hydrogens (tertiary/aromatic N) is 2. The lowest BCUT2D eigenvalue weighted by Gasteiger charge is -2.10. The van der Waals surface area contributed by atoms with Crippen molar-refractivity contribution in [3.05, 3.63) is 52.7 Å². The third-order valence-corrected chi connectivity index (χ3v) is 2.94. The average Bonchev–Trinajstić information content (AvgIpc) is 2.38. The van der Waals surface area contributed by atoms with Crippen molar-refractivity contribution >= 4 is 23.1 Å². The summed E-state index contributed by atoms with van der Waals surface area (Å²) in [5, 5.41) is 12.4. The molecule has 1 N–H and O–H groups in total. The molecule has 0 saturated heterocycles. The summed E-state index contributed by atoms with van der Waals surface area (Å²) in [6.07, 6.45) is 0. The molecule has 0 aliphatic rings. The summed E-state index contributed by atoms with van der Waals surface area (Å²) in [7, 11) is 0. The maximum absolute atomic E-state index is 8.91. The molecular formula is C15H14ClN3. The van der Waals surface area contributed by atoms with Crippen LogP contribution in [-0.4, -0.2) is 4.98 Å². The third-order valence-electron chi connectivity index (χ3n) is 2.75. The number of nitrogens with one attached hydrogen (secondary N) is 1. The number of rotatable bonds is 3. The van der Waals surface area contributed by atoms with Crippen LogP contribution in [0.1, 0.15) is 30.9 Å². The summed E-state index contributed by atoms with van der Waals surface area (Å²) in [4.78, 5) is 4.15. The van der Waals surface area contributed by atoms with Crippen molar-refractivity contribution in [1.82, 2.24) is 4.98 Å². The Morgan fingerprint density at radius 3 is 2.74 bits per heavy atom. The monoisotopic (exact) mass is 271 g/mol. The van der Waals surface area contributed by atoms with E-state index >= 15 is 0 Å². The number of hydrogen-bond acceptors (Lipinski definition) is 3. The zero-order valence-corrected chi connectivity index (χ0v) is 11.6. The molecular weight excluding hydrogens is 258 g/mol. The molecule has 96 valence electrons. The van der Waals surface area contributed by atoms with E-state index in [1.165, 1.54) is 11.6 Å². The number of nitriles is 1.